The number of amides is 1. The zero-order chi connectivity index (χ0) is 11.0. The fourth-order valence-corrected chi connectivity index (χ4v) is 1.55. The average Bonchev–Trinajstić information content (AvgIpc) is 2.14. The Hall–Kier alpha value is -0.570. The molecule has 0 saturated heterocycles. The minimum absolute atomic E-state index is 0.205. The Morgan fingerprint density at radius 2 is 1.93 bits per heavy atom. The molecule has 0 aliphatic carbocycles. The predicted molar refractivity (Wildman–Crippen MR) is 60.0 cm³/mol. The van der Waals surface area contributed by atoms with Crippen molar-refractivity contribution in [3.8, 4) is 0 Å². The van der Waals surface area contributed by atoms with E-state index in [0.29, 0.717) is 6.04 Å². The molecule has 2 atom stereocenters. The lowest BCUT2D eigenvalue weighted by Crippen LogP contribution is -2.44. The molecule has 3 nitrogen and oxygen atoms in total. The van der Waals surface area contributed by atoms with Crippen LogP contribution in [0.4, 0.5) is 0 Å². The molecule has 14 heavy (non-hydrogen) atoms. The van der Waals surface area contributed by atoms with Gasteiger partial charge in [0.25, 0.3) is 0 Å². The monoisotopic (exact) mass is 200 g/mol. The van der Waals surface area contributed by atoms with Gasteiger partial charge in [0.05, 0.1) is 6.04 Å². The summed E-state index contributed by atoms with van der Waals surface area (Å²) in [5.74, 6) is -0.261. The van der Waals surface area contributed by atoms with E-state index in [1.807, 2.05) is 6.92 Å². The summed E-state index contributed by atoms with van der Waals surface area (Å²) in [6.07, 6.45) is 5.82. The third-order valence-corrected chi connectivity index (χ3v) is 2.46. The number of carbonyl (C=O) groups is 1. The summed E-state index contributed by atoms with van der Waals surface area (Å²) >= 11 is 0. The van der Waals surface area contributed by atoms with E-state index >= 15 is 0 Å². The van der Waals surface area contributed by atoms with Crippen molar-refractivity contribution >= 4 is 5.91 Å². The Morgan fingerprint density at radius 3 is 2.36 bits per heavy atom. The van der Waals surface area contributed by atoms with Crippen LogP contribution in [0.1, 0.15) is 52.9 Å². The van der Waals surface area contributed by atoms with Crippen molar-refractivity contribution in [3.05, 3.63) is 0 Å². The molecule has 0 heterocycles. The lowest BCUT2D eigenvalue weighted by atomic mass is 10.0. The van der Waals surface area contributed by atoms with Gasteiger partial charge in [0, 0.05) is 6.04 Å². The minimum atomic E-state index is -0.261. The van der Waals surface area contributed by atoms with Crippen molar-refractivity contribution in [1.29, 1.82) is 0 Å². The van der Waals surface area contributed by atoms with Crippen molar-refractivity contribution in [3.63, 3.8) is 0 Å². The molecule has 1 amide bonds. The zero-order valence-corrected chi connectivity index (χ0v) is 9.68. The Balaban J connectivity index is 3.87. The van der Waals surface area contributed by atoms with E-state index in [-0.39, 0.29) is 11.9 Å². The molecule has 84 valence electrons. The van der Waals surface area contributed by atoms with Crippen LogP contribution in [0.15, 0.2) is 0 Å². The highest BCUT2D eigenvalue weighted by Gasteiger charge is 2.14. The number of carbonyl (C=O) groups excluding carboxylic acids is 1. The van der Waals surface area contributed by atoms with Gasteiger partial charge in [-0.15, -0.1) is 0 Å². The van der Waals surface area contributed by atoms with Crippen molar-refractivity contribution in [2.24, 2.45) is 5.73 Å². The molecule has 0 spiro atoms. The molecular weight excluding hydrogens is 176 g/mol. The lowest BCUT2D eigenvalue weighted by Gasteiger charge is -2.21. The summed E-state index contributed by atoms with van der Waals surface area (Å²) in [6, 6.07) is 0.242. The van der Waals surface area contributed by atoms with Gasteiger partial charge in [-0.2, -0.15) is 0 Å². The Labute approximate surface area is 87.4 Å². The van der Waals surface area contributed by atoms with Gasteiger partial charge in [-0.3, -0.25) is 4.79 Å². The van der Waals surface area contributed by atoms with Crippen molar-refractivity contribution in [2.75, 3.05) is 0 Å². The molecule has 0 aliphatic heterocycles. The first-order valence-electron chi connectivity index (χ1n) is 5.67. The minimum Gasteiger partial charge on any atom is -0.368 e. The van der Waals surface area contributed by atoms with Gasteiger partial charge in [0.15, 0.2) is 0 Å². The summed E-state index contributed by atoms with van der Waals surface area (Å²) in [6.45, 7) is 6.17. The molecule has 0 radical (unpaired) electrons. The number of rotatable bonds is 8. The highest BCUT2D eigenvalue weighted by molar-refractivity contribution is 5.79. The summed E-state index contributed by atoms with van der Waals surface area (Å²) < 4.78 is 0. The number of unbranched alkanes of at least 4 members (excludes halogenated alkanes) is 1. The normalized spacial score (nSPS) is 15.1. The molecule has 0 rings (SSSR count). The van der Waals surface area contributed by atoms with Gasteiger partial charge < -0.3 is 11.1 Å². The Kier molecular flexibility index (Phi) is 7.48. The first kappa shape index (κ1) is 13.4. The first-order chi connectivity index (χ1) is 6.61. The van der Waals surface area contributed by atoms with Gasteiger partial charge in [-0.25, -0.2) is 0 Å². The summed E-state index contributed by atoms with van der Waals surface area (Å²) in [4.78, 5) is 10.9. The molecule has 0 bridgehead atoms. The van der Waals surface area contributed by atoms with E-state index in [1.54, 1.807) is 0 Å². The number of hydrogen-bond donors (Lipinski definition) is 2. The zero-order valence-electron chi connectivity index (χ0n) is 9.68. The second-order valence-electron chi connectivity index (χ2n) is 3.92. The van der Waals surface area contributed by atoms with Gasteiger partial charge in [-0.1, -0.05) is 33.1 Å². The average molecular weight is 200 g/mol. The third-order valence-electron chi connectivity index (χ3n) is 2.46. The van der Waals surface area contributed by atoms with Crippen LogP contribution >= 0.6 is 0 Å². The van der Waals surface area contributed by atoms with Crippen LogP contribution in [0, 0.1) is 0 Å². The van der Waals surface area contributed by atoms with Crippen LogP contribution in [-0.2, 0) is 4.79 Å². The maximum Gasteiger partial charge on any atom is 0.234 e. The molecule has 0 aromatic rings. The fraction of sp³-hybridized carbons (Fsp3) is 0.909. The smallest absolute Gasteiger partial charge is 0.234 e. The summed E-state index contributed by atoms with van der Waals surface area (Å²) in [5.41, 5.74) is 5.21. The van der Waals surface area contributed by atoms with Crippen LogP contribution in [0.5, 0.6) is 0 Å². The highest BCUT2D eigenvalue weighted by Crippen LogP contribution is 2.07. The molecular formula is C11H24N2O. The lowest BCUT2D eigenvalue weighted by molar-refractivity contribution is -0.119. The fourth-order valence-electron chi connectivity index (χ4n) is 1.55. The van der Waals surface area contributed by atoms with Crippen LogP contribution in [0.25, 0.3) is 0 Å². The molecule has 0 aliphatic rings. The van der Waals surface area contributed by atoms with Gasteiger partial charge in [0.2, 0.25) is 5.91 Å². The molecule has 2 unspecified atom stereocenters. The number of hydrogen-bond acceptors (Lipinski definition) is 2. The van der Waals surface area contributed by atoms with E-state index in [1.165, 1.54) is 12.8 Å². The van der Waals surface area contributed by atoms with Crippen LogP contribution in [0.3, 0.4) is 0 Å². The Morgan fingerprint density at radius 1 is 1.29 bits per heavy atom. The van der Waals surface area contributed by atoms with E-state index in [9.17, 15) is 4.79 Å². The van der Waals surface area contributed by atoms with E-state index in [2.05, 4.69) is 19.2 Å². The van der Waals surface area contributed by atoms with Crippen molar-refractivity contribution < 1.29 is 4.79 Å². The van der Waals surface area contributed by atoms with Crippen LogP contribution in [-0.4, -0.2) is 18.0 Å². The second kappa shape index (κ2) is 7.80. The standard InChI is InChI=1S/C11H24N2O/c1-4-6-8-10(7-5-2)13-9(3)11(12)14/h9-10,13H,4-8H2,1-3H3,(H2,12,14). The highest BCUT2D eigenvalue weighted by atomic mass is 16.1. The molecule has 0 fully saturated rings. The third kappa shape index (κ3) is 5.97. The number of nitrogens with two attached hydrogens (primary N) is 1. The van der Waals surface area contributed by atoms with Gasteiger partial charge in [0.1, 0.15) is 0 Å². The Bertz CT molecular complexity index is 159. The van der Waals surface area contributed by atoms with E-state index in [4.69, 9.17) is 5.73 Å². The van der Waals surface area contributed by atoms with Gasteiger partial charge >= 0.3 is 0 Å². The summed E-state index contributed by atoms with van der Waals surface area (Å²) in [5, 5.41) is 3.28. The van der Waals surface area contributed by atoms with Crippen LogP contribution < -0.4 is 11.1 Å². The summed E-state index contributed by atoms with van der Waals surface area (Å²) in [7, 11) is 0. The van der Waals surface area contributed by atoms with Crippen molar-refractivity contribution in [1.82, 2.24) is 5.32 Å². The van der Waals surface area contributed by atoms with Gasteiger partial charge in [-0.05, 0) is 19.8 Å². The largest absolute Gasteiger partial charge is 0.368 e. The SMILES string of the molecule is CCCCC(CCC)NC(C)C(N)=O. The van der Waals surface area contributed by atoms with Crippen molar-refractivity contribution in [2.45, 2.75) is 65.0 Å². The number of primary amides is 1. The molecule has 0 aromatic carbocycles. The number of nitrogens with one attached hydrogen (secondary N) is 1. The maximum atomic E-state index is 10.9. The molecule has 3 heteroatoms. The second-order valence-corrected chi connectivity index (χ2v) is 3.92. The van der Waals surface area contributed by atoms with E-state index in [0.717, 1.165) is 19.3 Å². The molecule has 0 aromatic heterocycles. The predicted octanol–water partition coefficient (Wildman–Crippen LogP) is 1.81. The van der Waals surface area contributed by atoms with Crippen LogP contribution in [0.2, 0.25) is 0 Å². The topological polar surface area (TPSA) is 55.1 Å². The molecule has 3 N–H and O–H groups in total. The first-order valence-corrected chi connectivity index (χ1v) is 5.67. The van der Waals surface area contributed by atoms with E-state index < -0.39 is 0 Å². The maximum absolute atomic E-state index is 10.9. The molecule has 0 saturated carbocycles. The quantitative estimate of drug-likeness (QED) is 0.628.